The van der Waals surface area contributed by atoms with E-state index in [2.05, 4.69) is 5.32 Å². The summed E-state index contributed by atoms with van der Waals surface area (Å²) < 4.78 is 32.9. The molecule has 1 amide bonds. The van der Waals surface area contributed by atoms with E-state index in [1.807, 2.05) is 32.9 Å². The molecular weight excluding hydrogens is 400 g/mol. The Kier molecular flexibility index (Phi) is 6.83. The fraction of sp³-hybridized carbons (Fsp3) is 0.435. The van der Waals surface area contributed by atoms with E-state index < -0.39 is 10.0 Å². The smallest absolute Gasteiger partial charge is 0.262 e. The van der Waals surface area contributed by atoms with E-state index in [1.54, 1.807) is 29.4 Å². The molecule has 162 valence electrons. The highest BCUT2D eigenvalue weighted by Crippen LogP contribution is 2.26. The van der Waals surface area contributed by atoms with Crippen molar-refractivity contribution in [2.24, 2.45) is 0 Å². The van der Waals surface area contributed by atoms with Crippen molar-refractivity contribution in [3.63, 3.8) is 0 Å². The number of amides is 1. The predicted molar refractivity (Wildman–Crippen MR) is 119 cm³/mol. The van der Waals surface area contributed by atoms with Crippen LogP contribution in [-0.2, 0) is 14.8 Å². The summed E-state index contributed by atoms with van der Waals surface area (Å²) in [6.07, 6.45) is 2.87. The van der Waals surface area contributed by atoms with E-state index in [0.717, 1.165) is 41.6 Å². The van der Waals surface area contributed by atoms with Crippen molar-refractivity contribution in [3.8, 4) is 5.75 Å². The topological polar surface area (TPSA) is 75.7 Å². The number of hydrogen-bond acceptors (Lipinski definition) is 4. The van der Waals surface area contributed by atoms with Gasteiger partial charge in [-0.15, -0.1) is 0 Å². The number of hydrogen-bond donors (Lipinski definition) is 1. The molecule has 1 heterocycles. The number of nitrogens with one attached hydrogen (secondary N) is 1. The van der Waals surface area contributed by atoms with Crippen molar-refractivity contribution in [1.82, 2.24) is 4.31 Å². The van der Waals surface area contributed by atoms with Crippen molar-refractivity contribution in [3.05, 3.63) is 52.6 Å². The summed E-state index contributed by atoms with van der Waals surface area (Å²) in [7, 11) is -3.49. The minimum Gasteiger partial charge on any atom is -0.483 e. The molecule has 0 atom stereocenters. The molecule has 0 saturated carbocycles. The average Bonchev–Trinajstić information content (AvgIpc) is 2.70. The number of carbonyl (C=O) groups is 1. The molecule has 2 aromatic carbocycles. The van der Waals surface area contributed by atoms with E-state index in [4.69, 9.17) is 4.74 Å². The van der Waals surface area contributed by atoms with Crippen LogP contribution in [0.3, 0.4) is 0 Å². The highest BCUT2D eigenvalue weighted by Gasteiger charge is 2.26. The van der Waals surface area contributed by atoms with Crippen LogP contribution >= 0.6 is 0 Å². The van der Waals surface area contributed by atoms with Gasteiger partial charge >= 0.3 is 0 Å². The van der Waals surface area contributed by atoms with Gasteiger partial charge in [-0.1, -0.05) is 24.1 Å². The summed E-state index contributed by atoms with van der Waals surface area (Å²) in [5.74, 6) is 0.245. The Bertz CT molecular complexity index is 1020. The summed E-state index contributed by atoms with van der Waals surface area (Å²) in [6, 6.07) is 8.84. The molecule has 1 aliphatic heterocycles. The second-order valence-electron chi connectivity index (χ2n) is 8.00. The Morgan fingerprint density at radius 1 is 0.967 bits per heavy atom. The number of aryl methyl sites for hydroxylation is 4. The van der Waals surface area contributed by atoms with Crippen LogP contribution in [-0.4, -0.2) is 38.3 Å². The van der Waals surface area contributed by atoms with E-state index in [0.29, 0.717) is 24.4 Å². The molecule has 0 spiro atoms. The maximum Gasteiger partial charge on any atom is 0.262 e. The van der Waals surface area contributed by atoms with Gasteiger partial charge in [0.05, 0.1) is 4.90 Å². The maximum atomic E-state index is 12.8. The fourth-order valence-electron chi connectivity index (χ4n) is 3.89. The molecular formula is C23H30N2O4S. The molecule has 2 aromatic rings. The van der Waals surface area contributed by atoms with Gasteiger partial charge in [0.2, 0.25) is 10.0 Å². The van der Waals surface area contributed by atoms with Crippen LogP contribution in [0.2, 0.25) is 0 Å². The van der Waals surface area contributed by atoms with Crippen molar-refractivity contribution < 1.29 is 17.9 Å². The minimum atomic E-state index is -3.49. The number of ether oxygens (including phenoxy) is 1. The molecule has 7 heteroatoms. The van der Waals surface area contributed by atoms with Gasteiger partial charge in [-0.05, 0) is 75.4 Å². The van der Waals surface area contributed by atoms with Gasteiger partial charge in [0.1, 0.15) is 5.75 Å². The first-order chi connectivity index (χ1) is 14.2. The molecule has 30 heavy (non-hydrogen) atoms. The highest BCUT2D eigenvalue weighted by molar-refractivity contribution is 7.89. The first kappa shape index (κ1) is 22.3. The van der Waals surface area contributed by atoms with Crippen LogP contribution in [0, 0.1) is 27.7 Å². The van der Waals surface area contributed by atoms with Gasteiger partial charge in [-0.3, -0.25) is 4.79 Å². The molecule has 1 N–H and O–H groups in total. The SMILES string of the molecule is Cc1cc(C)c(NC(=O)COc2ccc(S(=O)(=O)N3CCCCC3)cc2C)c(C)c1. The largest absolute Gasteiger partial charge is 0.483 e. The van der Waals surface area contributed by atoms with Crippen LogP contribution < -0.4 is 10.1 Å². The average molecular weight is 431 g/mol. The van der Waals surface area contributed by atoms with E-state index in [1.165, 1.54) is 0 Å². The van der Waals surface area contributed by atoms with Crippen LogP contribution in [0.25, 0.3) is 0 Å². The van der Waals surface area contributed by atoms with Crippen LogP contribution in [0.5, 0.6) is 5.75 Å². The Morgan fingerprint density at radius 3 is 2.20 bits per heavy atom. The highest BCUT2D eigenvalue weighted by atomic mass is 32.2. The first-order valence-electron chi connectivity index (χ1n) is 10.3. The lowest BCUT2D eigenvalue weighted by Gasteiger charge is -2.26. The Hall–Kier alpha value is -2.38. The van der Waals surface area contributed by atoms with Crippen molar-refractivity contribution in [2.75, 3.05) is 25.0 Å². The number of carbonyl (C=O) groups excluding carboxylic acids is 1. The molecule has 1 fully saturated rings. The Labute approximate surface area is 179 Å². The lowest BCUT2D eigenvalue weighted by atomic mass is 10.1. The fourth-order valence-corrected chi connectivity index (χ4v) is 5.50. The molecule has 3 rings (SSSR count). The Balaban J connectivity index is 1.66. The molecule has 1 saturated heterocycles. The number of rotatable bonds is 6. The number of anilines is 1. The molecule has 0 radical (unpaired) electrons. The zero-order chi connectivity index (χ0) is 21.9. The van der Waals surface area contributed by atoms with E-state index >= 15 is 0 Å². The van der Waals surface area contributed by atoms with E-state index in [-0.39, 0.29) is 17.4 Å². The predicted octanol–water partition coefficient (Wildman–Crippen LogP) is 4.11. The number of sulfonamides is 1. The second-order valence-corrected chi connectivity index (χ2v) is 9.94. The zero-order valence-corrected chi connectivity index (χ0v) is 18.9. The minimum absolute atomic E-state index is 0.147. The summed E-state index contributed by atoms with van der Waals surface area (Å²) >= 11 is 0. The lowest BCUT2D eigenvalue weighted by Crippen LogP contribution is -2.35. The summed E-state index contributed by atoms with van der Waals surface area (Å²) in [5, 5.41) is 2.91. The van der Waals surface area contributed by atoms with Gasteiger partial charge in [0, 0.05) is 18.8 Å². The van der Waals surface area contributed by atoms with Crippen LogP contribution in [0.1, 0.15) is 41.5 Å². The third-order valence-corrected chi connectivity index (χ3v) is 7.29. The van der Waals surface area contributed by atoms with Crippen molar-refractivity contribution >= 4 is 21.6 Å². The third-order valence-electron chi connectivity index (χ3n) is 5.40. The van der Waals surface area contributed by atoms with Gasteiger partial charge in [0.25, 0.3) is 5.91 Å². The number of piperidine rings is 1. The van der Waals surface area contributed by atoms with Crippen LogP contribution in [0.15, 0.2) is 35.2 Å². The maximum absolute atomic E-state index is 12.8. The lowest BCUT2D eigenvalue weighted by molar-refractivity contribution is -0.118. The molecule has 1 aliphatic rings. The monoisotopic (exact) mass is 430 g/mol. The van der Waals surface area contributed by atoms with Gasteiger partial charge < -0.3 is 10.1 Å². The van der Waals surface area contributed by atoms with Gasteiger partial charge in [-0.25, -0.2) is 8.42 Å². The standard InChI is InChI=1S/C23H30N2O4S/c1-16-12-18(3)23(19(4)13-16)24-22(26)15-29-21-9-8-20(14-17(21)2)30(27,28)25-10-6-5-7-11-25/h8-9,12-14H,5-7,10-11,15H2,1-4H3,(H,24,26). The molecule has 0 unspecified atom stereocenters. The quantitative estimate of drug-likeness (QED) is 0.748. The number of benzene rings is 2. The van der Waals surface area contributed by atoms with Gasteiger partial charge in [-0.2, -0.15) is 4.31 Å². The van der Waals surface area contributed by atoms with Crippen LogP contribution in [0.4, 0.5) is 5.69 Å². The first-order valence-corrected chi connectivity index (χ1v) is 11.7. The van der Waals surface area contributed by atoms with Crippen molar-refractivity contribution in [2.45, 2.75) is 51.9 Å². The van der Waals surface area contributed by atoms with Crippen molar-refractivity contribution in [1.29, 1.82) is 0 Å². The van der Waals surface area contributed by atoms with Gasteiger partial charge in [0.15, 0.2) is 6.61 Å². The number of nitrogens with zero attached hydrogens (tertiary/aromatic N) is 1. The molecule has 0 aliphatic carbocycles. The summed E-state index contributed by atoms with van der Waals surface area (Å²) in [5.41, 5.74) is 4.64. The second kappa shape index (κ2) is 9.18. The summed E-state index contributed by atoms with van der Waals surface area (Å²) in [4.78, 5) is 12.6. The molecule has 0 bridgehead atoms. The molecule has 0 aromatic heterocycles. The summed E-state index contributed by atoms with van der Waals surface area (Å²) in [6.45, 7) is 8.72. The Morgan fingerprint density at radius 2 is 1.60 bits per heavy atom. The normalized spacial score (nSPS) is 15.1. The van der Waals surface area contributed by atoms with E-state index in [9.17, 15) is 13.2 Å². The third kappa shape index (κ3) is 5.02. The zero-order valence-electron chi connectivity index (χ0n) is 18.1. The molecule has 6 nitrogen and oxygen atoms in total.